The van der Waals surface area contributed by atoms with E-state index in [9.17, 15) is 5.11 Å². The van der Waals surface area contributed by atoms with E-state index in [1.54, 1.807) is 6.20 Å². The van der Waals surface area contributed by atoms with Gasteiger partial charge < -0.3 is 24.1 Å². The Morgan fingerprint density at radius 3 is 2.80 bits per heavy atom. The fourth-order valence-corrected chi connectivity index (χ4v) is 3.89. The molecule has 3 heterocycles. The second-order valence-electron chi connectivity index (χ2n) is 6.65. The van der Waals surface area contributed by atoms with Crippen molar-refractivity contribution in [3.63, 3.8) is 0 Å². The maximum atomic E-state index is 10.7. The quantitative estimate of drug-likeness (QED) is 0.881. The summed E-state index contributed by atoms with van der Waals surface area (Å²) in [6.07, 6.45) is -1.23. The Bertz CT molecular complexity index is 693. The van der Waals surface area contributed by atoms with Gasteiger partial charge in [-0.25, -0.2) is 4.98 Å². The first-order chi connectivity index (χ1) is 12.0. The van der Waals surface area contributed by atoms with Crippen LogP contribution in [-0.4, -0.2) is 40.5 Å². The number of hydrogen-bond acceptors (Lipinski definition) is 7. The first-order valence-corrected chi connectivity index (χ1v) is 9.15. The molecule has 0 bridgehead atoms. The Balaban J connectivity index is 1.53. The van der Waals surface area contributed by atoms with Crippen LogP contribution in [0.1, 0.15) is 30.5 Å². The number of fused-ring (bicyclic) bond motifs is 1. The van der Waals surface area contributed by atoms with Crippen LogP contribution in [0.25, 0.3) is 0 Å². The normalized spacial score (nSPS) is 31.8. The highest BCUT2D eigenvalue weighted by molar-refractivity contribution is 7.09. The van der Waals surface area contributed by atoms with Crippen LogP contribution in [0.4, 0.5) is 0 Å². The van der Waals surface area contributed by atoms with Crippen molar-refractivity contribution in [3.05, 3.63) is 52.5 Å². The van der Waals surface area contributed by atoms with Crippen molar-refractivity contribution in [1.82, 2.24) is 4.98 Å². The van der Waals surface area contributed by atoms with Crippen LogP contribution in [0, 0.1) is 0 Å². The van der Waals surface area contributed by atoms with Gasteiger partial charge in [-0.1, -0.05) is 30.3 Å². The lowest BCUT2D eigenvalue weighted by molar-refractivity contribution is -0.231. The van der Waals surface area contributed by atoms with Gasteiger partial charge in [0.05, 0.1) is 6.61 Å². The molecule has 134 valence electrons. The van der Waals surface area contributed by atoms with Gasteiger partial charge in [0.2, 0.25) is 0 Å². The lowest BCUT2D eigenvalue weighted by Gasteiger charge is -2.28. The third-order valence-electron chi connectivity index (χ3n) is 4.33. The zero-order valence-corrected chi connectivity index (χ0v) is 14.9. The number of aliphatic hydroxyl groups excluding tert-OH is 1. The Kier molecular flexibility index (Phi) is 4.61. The van der Waals surface area contributed by atoms with Crippen molar-refractivity contribution in [2.45, 2.75) is 56.9 Å². The molecule has 0 aliphatic carbocycles. The van der Waals surface area contributed by atoms with Crippen molar-refractivity contribution in [2.24, 2.45) is 0 Å². The molecule has 7 heteroatoms. The molecule has 0 saturated carbocycles. The molecule has 6 nitrogen and oxygen atoms in total. The highest BCUT2D eigenvalue weighted by Gasteiger charge is 2.57. The monoisotopic (exact) mass is 363 g/mol. The third-order valence-corrected chi connectivity index (χ3v) is 5.17. The first-order valence-electron chi connectivity index (χ1n) is 8.27. The number of nitrogens with zero attached hydrogens (tertiary/aromatic N) is 1. The molecule has 5 atom stereocenters. The van der Waals surface area contributed by atoms with Gasteiger partial charge in [0.1, 0.15) is 29.4 Å². The Labute approximate surface area is 150 Å². The van der Waals surface area contributed by atoms with Crippen molar-refractivity contribution < 1.29 is 24.1 Å². The third kappa shape index (κ3) is 3.48. The smallest absolute Gasteiger partial charge is 0.190 e. The molecular formula is C18H21NO5S. The van der Waals surface area contributed by atoms with Gasteiger partial charge in [-0.2, -0.15) is 0 Å². The van der Waals surface area contributed by atoms with E-state index in [4.69, 9.17) is 18.9 Å². The number of thiazole rings is 1. The van der Waals surface area contributed by atoms with E-state index >= 15 is 0 Å². The Morgan fingerprint density at radius 2 is 2.08 bits per heavy atom. The fourth-order valence-electron chi connectivity index (χ4n) is 3.24. The minimum absolute atomic E-state index is 0.390. The van der Waals surface area contributed by atoms with E-state index in [0.29, 0.717) is 11.6 Å². The lowest BCUT2D eigenvalue weighted by Crippen LogP contribution is -2.39. The average Bonchev–Trinajstić information content (AvgIpc) is 3.28. The zero-order chi connectivity index (χ0) is 17.4. The van der Waals surface area contributed by atoms with Gasteiger partial charge in [-0.05, 0) is 19.4 Å². The predicted octanol–water partition coefficient (Wildman–Crippen LogP) is 2.64. The van der Waals surface area contributed by atoms with E-state index in [2.05, 4.69) is 4.98 Å². The molecular weight excluding hydrogens is 342 g/mol. The summed E-state index contributed by atoms with van der Waals surface area (Å²) in [6, 6.07) is 9.88. The van der Waals surface area contributed by atoms with E-state index < -0.39 is 36.5 Å². The predicted molar refractivity (Wildman–Crippen MR) is 90.8 cm³/mol. The fraction of sp³-hybridized carbons (Fsp3) is 0.500. The van der Waals surface area contributed by atoms with Gasteiger partial charge in [-0.3, -0.25) is 0 Å². The number of aromatic nitrogens is 1. The van der Waals surface area contributed by atoms with Crippen LogP contribution in [-0.2, 0) is 25.6 Å². The summed E-state index contributed by atoms with van der Waals surface area (Å²) in [4.78, 5) is 4.19. The largest absolute Gasteiger partial charge is 0.383 e. The molecule has 2 fully saturated rings. The molecule has 1 aromatic heterocycles. The van der Waals surface area contributed by atoms with Gasteiger partial charge in [0.25, 0.3) is 0 Å². The van der Waals surface area contributed by atoms with Crippen LogP contribution in [0.2, 0.25) is 0 Å². The summed E-state index contributed by atoms with van der Waals surface area (Å²) in [5.41, 5.74) is 1.05. The van der Waals surface area contributed by atoms with Gasteiger partial charge in [-0.15, -0.1) is 11.3 Å². The highest BCUT2D eigenvalue weighted by Crippen LogP contribution is 2.42. The number of rotatable bonds is 5. The Morgan fingerprint density at radius 1 is 1.28 bits per heavy atom. The topological polar surface area (TPSA) is 70.0 Å². The van der Waals surface area contributed by atoms with Crippen molar-refractivity contribution in [1.29, 1.82) is 0 Å². The summed E-state index contributed by atoms with van der Waals surface area (Å²) in [5, 5.41) is 13.1. The van der Waals surface area contributed by atoms with E-state index in [0.717, 1.165) is 5.56 Å². The molecule has 0 spiro atoms. The first kappa shape index (κ1) is 17.1. The minimum Gasteiger partial charge on any atom is -0.383 e. The number of benzene rings is 1. The van der Waals surface area contributed by atoms with Crippen LogP contribution >= 0.6 is 11.3 Å². The molecule has 2 aromatic rings. The van der Waals surface area contributed by atoms with Crippen LogP contribution in [0.3, 0.4) is 0 Å². The summed E-state index contributed by atoms with van der Waals surface area (Å²) in [5.74, 6) is -0.735. The van der Waals surface area contributed by atoms with E-state index in [1.807, 2.05) is 49.6 Å². The van der Waals surface area contributed by atoms with Crippen LogP contribution < -0.4 is 0 Å². The molecule has 2 aliphatic heterocycles. The lowest BCUT2D eigenvalue weighted by atomic mass is 10.1. The zero-order valence-electron chi connectivity index (χ0n) is 14.1. The summed E-state index contributed by atoms with van der Waals surface area (Å²) in [7, 11) is 0. The summed E-state index contributed by atoms with van der Waals surface area (Å²) < 4.78 is 23.8. The van der Waals surface area contributed by atoms with Gasteiger partial charge >= 0.3 is 0 Å². The average molecular weight is 363 g/mol. The summed E-state index contributed by atoms with van der Waals surface area (Å²) in [6.45, 7) is 4.09. The second kappa shape index (κ2) is 6.75. The van der Waals surface area contributed by atoms with E-state index in [1.165, 1.54) is 11.3 Å². The van der Waals surface area contributed by atoms with Crippen molar-refractivity contribution in [2.75, 3.05) is 0 Å². The number of ether oxygens (including phenoxy) is 4. The molecule has 1 aromatic carbocycles. The van der Waals surface area contributed by atoms with Crippen LogP contribution in [0.5, 0.6) is 0 Å². The molecule has 1 N–H and O–H groups in total. The molecule has 2 saturated heterocycles. The Hall–Kier alpha value is -1.35. The highest BCUT2D eigenvalue weighted by atomic mass is 32.1. The minimum atomic E-state index is -0.887. The maximum absolute atomic E-state index is 10.7. The SMILES string of the molecule is CC1(C)O[C@H]2O[C@H]([C@H](O)c3nccs3)[C@H](OCc3ccccc3)[C@H]2O1. The molecule has 0 unspecified atom stereocenters. The number of hydrogen-bond donors (Lipinski definition) is 1. The van der Waals surface area contributed by atoms with Gasteiger partial charge in [0.15, 0.2) is 12.1 Å². The van der Waals surface area contributed by atoms with Crippen molar-refractivity contribution in [3.8, 4) is 0 Å². The molecule has 2 aliphatic rings. The second-order valence-corrected chi connectivity index (χ2v) is 7.57. The maximum Gasteiger partial charge on any atom is 0.190 e. The molecule has 4 rings (SSSR count). The molecule has 25 heavy (non-hydrogen) atoms. The molecule has 0 amide bonds. The van der Waals surface area contributed by atoms with Crippen molar-refractivity contribution >= 4 is 11.3 Å². The van der Waals surface area contributed by atoms with Crippen LogP contribution in [0.15, 0.2) is 41.9 Å². The summed E-state index contributed by atoms with van der Waals surface area (Å²) >= 11 is 1.38. The standard InChI is InChI=1S/C18H21NO5S/c1-18(2)23-15-14(21-10-11-6-4-3-5-7-11)13(22-17(15)24-18)12(20)16-19-8-9-25-16/h3-9,12-15,17,20H,10H2,1-2H3/t12-,13+,14-,15+,17+/m0/s1. The van der Waals surface area contributed by atoms with E-state index in [-0.39, 0.29) is 0 Å². The molecule has 0 radical (unpaired) electrons. The van der Waals surface area contributed by atoms with Gasteiger partial charge in [0, 0.05) is 11.6 Å². The number of aliphatic hydroxyl groups is 1.